The van der Waals surface area contributed by atoms with Crippen LogP contribution >= 0.6 is 0 Å². The third-order valence-electron chi connectivity index (χ3n) is 8.43. The van der Waals surface area contributed by atoms with E-state index in [1.54, 1.807) is 0 Å². The van der Waals surface area contributed by atoms with Gasteiger partial charge in [-0.25, -0.2) is 0 Å². The van der Waals surface area contributed by atoms with Gasteiger partial charge in [0, 0.05) is 55.7 Å². The molecule has 2 aliphatic carbocycles. The van der Waals surface area contributed by atoms with E-state index in [4.69, 9.17) is 4.99 Å². The van der Waals surface area contributed by atoms with Gasteiger partial charge >= 0.3 is 0 Å². The van der Waals surface area contributed by atoms with Crippen LogP contribution in [-0.4, -0.2) is 65.7 Å². The number of piperidine rings is 1. The smallest absolute Gasteiger partial charge is 0.110 e. The Labute approximate surface area is 189 Å². The molecule has 2 heterocycles. The van der Waals surface area contributed by atoms with Gasteiger partial charge in [-0.3, -0.25) is 9.89 Å². The van der Waals surface area contributed by atoms with Crippen LogP contribution in [0.1, 0.15) is 77.0 Å². The van der Waals surface area contributed by atoms with E-state index in [9.17, 15) is 0 Å². The van der Waals surface area contributed by atoms with Gasteiger partial charge < -0.3 is 9.80 Å². The first kappa shape index (κ1) is 21.5. The summed E-state index contributed by atoms with van der Waals surface area (Å²) in [6.07, 6.45) is 19.5. The van der Waals surface area contributed by atoms with E-state index in [0.717, 1.165) is 24.1 Å². The number of benzene rings is 1. The molecule has 170 valence electrons. The number of hydrogen-bond acceptors (Lipinski definition) is 4. The maximum absolute atomic E-state index is 4.81. The van der Waals surface area contributed by atoms with Gasteiger partial charge in [0.1, 0.15) is 6.67 Å². The topological polar surface area (TPSA) is 22.1 Å². The summed E-state index contributed by atoms with van der Waals surface area (Å²) in [7, 11) is 0. The molecule has 0 N–H and O–H groups in total. The second kappa shape index (κ2) is 10.5. The van der Waals surface area contributed by atoms with Crippen molar-refractivity contribution in [3.63, 3.8) is 0 Å². The van der Waals surface area contributed by atoms with Crippen molar-refractivity contribution in [1.82, 2.24) is 14.7 Å². The fourth-order valence-electron chi connectivity index (χ4n) is 6.56. The SMILES string of the molecule is C1=c2ccccc2=NCN1C1CCN(CCN(C2CCCCC2)C2CCCCC2)CC1. The lowest BCUT2D eigenvalue weighted by Crippen LogP contribution is -2.50. The molecule has 0 radical (unpaired) electrons. The number of fused-ring (bicyclic) bond motifs is 1. The van der Waals surface area contributed by atoms with Crippen LogP contribution in [0.25, 0.3) is 6.20 Å². The first-order valence-electron chi connectivity index (χ1n) is 13.2. The molecule has 0 unspecified atom stereocenters. The number of para-hydroxylation sites is 1. The van der Waals surface area contributed by atoms with Gasteiger partial charge in [0.25, 0.3) is 0 Å². The zero-order valence-electron chi connectivity index (χ0n) is 19.4. The Kier molecular flexibility index (Phi) is 7.26. The summed E-state index contributed by atoms with van der Waals surface area (Å²) >= 11 is 0. The molecule has 1 saturated heterocycles. The Morgan fingerprint density at radius 2 is 1.45 bits per heavy atom. The van der Waals surface area contributed by atoms with Crippen molar-refractivity contribution in [2.24, 2.45) is 4.99 Å². The molecule has 5 rings (SSSR count). The molecule has 1 aromatic carbocycles. The van der Waals surface area contributed by atoms with Crippen molar-refractivity contribution >= 4 is 6.20 Å². The molecule has 0 aromatic heterocycles. The van der Waals surface area contributed by atoms with Crippen LogP contribution in [0.15, 0.2) is 29.3 Å². The minimum Gasteiger partial charge on any atom is -0.355 e. The highest BCUT2D eigenvalue weighted by molar-refractivity contribution is 5.25. The molecule has 3 fully saturated rings. The van der Waals surface area contributed by atoms with Gasteiger partial charge in [-0.05, 0) is 44.6 Å². The van der Waals surface area contributed by atoms with E-state index in [1.165, 1.54) is 108 Å². The zero-order chi connectivity index (χ0) is 20.9. The Hall–Kier alpha value is -1.39. The molecule has 31 heavy (non-hydrogen) atoms. The lowest BCUT2D eigenvalue weighted by molar-refractivity contribution is 0.0603. The molecule has 0 spiro atoms. The predicted octanol–water partition coefficient (Wildman–Crippen LogP) is 3.75. The normalized spacial score (nSPS) is 24.6. The average molecular weight is 423 g/mol. The first-order valence-corrected chi connectivity index (χ1v) is 13.2. The van der Waals surface area contributed by atoms with E-state index in [-0.39, 0.29) is 0 Å². The maximum atomic E-state index is 4.81. The summed E-state index contributed by atoms with van der Waals surface area (Å²) in [5.74, 6) is 0. The van der Waals surface area contributed by atoms with Crippen LogP contribution in [0, 0.1) is 0 Å². The lowest BCUT2D eigenvalue weighted by atomic mass is 9.88. The highest BCUT2D eigenvalue weighted by Gasteiger charge is 2.30. The van der Waals surface area contributed by atoms with E-state index >= 15 is 0 Å². The Balaban J connectivity index is 1.14. The van der Waals surface area contributed by atoms with Crippen LogP contribution < -0.4 is 10.6 Å². The molecular formula is C27H42N4. The molecule has 4 aliphatic rings. The van der Waals surface area contributed by atoms with E-state index < -0.39 is 0 Å². The molecule has 2 aliphatic heterocycles. The summed E-state index contributed by atoms with van der Waals surface area (Å²) in [6.45, 7) is 5.91. The van der Waals surface area contributed by atoms with Crippen LogP contribution in [0.4, 0.5) is 0 Å². The van der Waals surface area contributed by atoms with Gasteiger partial charge in [0.2, 0.25) is 0 Å². The van der Waals surface area contributed by atoms with Gasteiger partial charge in [0.15, 0.2) is 0 Å². The standard InChI is InChI=1S/C27H42N4/c1-3-10-25(11-4-1)31(26-12-5-2-6-13-26)20-19-29-17-15-24(16-18-29)30-21-23-9-7-8-14-27(23)28-22-30/h7-9,14,21,24-26H,1-6,10-13,15-20,22H2. The fourth-order valence-corrected chi connectivity index (χ4v) is 6.56. The zero-order valence-corrected chi connectivity index (χ0v) is 19.4. The molecule has 0 atom stereocenters. The Morgan fingerprint density at radius 1 is 0.806 bits per heavy atom. The number of hydrogen-bond donors (Lipinski definition) is 0. The lowest BCUT2D eigenvalue weighted by Gasteiger charge is -2.43. The summed E-state index contributed by atoms with van der Waals surface area (Å²) in [6, 6.07) is 11.0. The van der Waals surface area contributed by atoms with Gasteiger partial charge in [-0.2, -0.15) is 0 Å². The van der Waals surface area contributed by atoms with E-state index in [0.29, 0.717) is 6.04 Å². The van der Waals surface area contributed by atoms with Gasteiger partial charge in [0.05, 0.1) is 5.36 Å². The van der Waals surface area contributed by atoms with Crippen LogP contribution in [0.5, 0.6) is 0 Å². The summed E-state index contributed by atoms with van der Waals surface area (Å²) in [4.78, 5) is 13.0. The molecular weight excluding hydrogens is 380 g/mol. The molecule has 0 amide bonds. The van der Waals surface area contributed by atoms with Crippen molar-refractivity contribution < 1.29 is 0 Å². The van der Waals surface area contributed by atoms with Crippen molar-refractivity contribution in [3.05, 3.63) is 34.8 Å². The Bertz CT molecular complexity index is 783. The van der Waals surface area contributed by atoms with Gasteiger partial charge in [-0.1, -0.05) is 56.7 Å². The molecule has 4 nitrogen and oxygen atoms in total. The van der Waals surface area contributed by atoms with Gasteiger partial charge in [-0.15, -0.1) is 0 Å². The first-order chi connectivity index (χ1) is 15.4. The highest BCUT2D eigenvalue weighted by atomic mass is 15.3. The maximum Gasteiger partial charge on any atom is 0.110 e. The molecule has 2 saturated carbocycles. The Morgan fingerprint density at radius 3 is 2.13 bits per heavy atom. The summed E-state index contributed by atoms with van der Waals surface area (Å²) < 4.78 is 0. The highest BCUT2D eigenvalue weighted by Crippen LogP contribution is 2.30. The van der Waals surface area contributed by atoms with Crippen molar-refractivity contribution in [2.75, 3.05) is 32.8 Å². The molecule has 4 heteroatoms. The number of likely N-dealkylation sites (tertiary alicyclic amines) is 1. The number of rotatable bonds is 6. The van der Waals surface area contributed by atoms with Crippen molar-refractivity contribution in [3.8, 4) is 0 Å². The quantitative estimate of drug-likeness (QED) is 0.697. The van der Waals surface area contributed by atoms with Crippen LogP contribution in [-0.2, 0) is 0 Å². The predicted molar refractivity (Wildman–Crippen MR) is 128 cm³/mol. The third-order valence-corrected chi connectivity index (χ3v) is 8.43. The summed E-state index contributed by atoms with van der Waals surface area (Å²) in [5.41, 5.74) is 0. The average Bonchev–Trinajstić information content (AvgIpc) is 2.86. The van der Waals surface area contributed by atoms with E-state index in [2.05, 4.69) is 45.2 Å². The fraction of sp³-hybridized carbons (Fsp3) is 0.741. The monoisotopic (exact) mass is 422 g/mol. The second-order valence-electron chi connectivity index (χ2n) is 10.4. The summed E-state index contributed by atoms with van der Waals surface area (Å²) in [5, 5.41) is 2.44. The second-order valence-corrected chi connectivity index (χ2v) is 10.4. The number of nitrogens with zero attached hydrogens (tertiary/aromatic N) is 4. The molecule has 1 aromatic rings. The van der Waals surface area contributed by atoms with Crippen molar-refractivity contribution in [2.45, 2.75) is 95.2 Å². The third kappa shape index (κ3) is 5.34. The van der Waals surface area contributed by atoms with E-state index in [1.807, 2.05) is 0 Å². The minimum atomic E-state index is 0.654. The largest absolute Gasteiger partial charge is 0.355 e. The van der Waals surface area contributed by atoms with Crippen LogP contribution in [0.3, 0.4) is 0 Å². The minimum absolute atomic E-state index is 0.654. The van der Waals surface area contributed by atoms with Crippen molar-refractivity contribution in [1.29, 1.82) is 0 Å². The van der Waals surface area contributed by atoms with Crippen LogP contribution in [0.2, 0.25) is 0 Å². The molecule has 0 bridgehead atoms.